The summed E-state index contributed by atoms with van der Waals surface area (Å²) in [4.78, 5) is 152. The molecule has 2 saturated heterocycles. The van der Waals surface area contributed by atoms with Crippen LogP contribution in [0.4, 0.5) is 15.3 Å². The van der Waals surface area contributed by atoms with Gasteiger partial charge >= 0.3 is 12.1 Å². The standard InChI is InChI=1S/C69H108N10O14S/c1-15-43(8)61(54(92-13)37-57(82)78-35-23-27-52(78)44(9)45(10)63(85)72-46(11)62(84)48-24-18-16-19-25-48)77(12)66(88)50(40(2)3)36-53(80)59(41(4)5)76-69(91)93-39-47-29-31-49(32-30-47)73-64(86)51(26-22-33-71-68(70)90)74-65(87)60(42(6)7)75-56(81)28-20-17-21-34-79-58(83)38-55(94-14)67(79)89/h16,18-19,24-25,29-32,40-46,50-52,54-55,59-62,84H,15,17,20-23,26-28,33-39H2,1-14H3,(H,72,85)(H,73,86)(H,74,87)(H,75,81)(H,76,91)(H3,70,71,90)/t43-,44+,45-,46-,50-,51-,52-,54+,55?,59-,60-,61-,62-/m0/s1. The molecule has 2 fully saturated rings. The number of unbranched alkanes of at least 4 members (excludes halogenated alkanes) is 2. The second-order valence-electron chi connectivity index (χ2n) is 26.5. The minimum Gasteiger partial charge on any atom is -0.445 e. The van der Waals surface area contributed by atoms with Gasteiger partial charge in [-0.2, -0.15) is 11.8 Å². The third-order valence-corrected chi connectivity index (χ3v) is 19.5. The van der Waals surface area contributed by atoms with Gasteiger partial charge < -0.3 is 62.0 Å². The number of benzene rings is 2. The van der Waals surface area contributed by atoms with Crippen LogP contribution in [0.25, 0.3) is 0 Å². The summed E-state index contributed by atoms with van der Waals surface area (Å²) >= 11 is 1.35. The van der Waals surface area contributed by atoms with E-state index in [1.807, 2.05) is 76.8 Å². The number of urea groups is 1. The van der Waals surface area contributed by atoms with Gasteiger partial charge in [0.25, 0.3) is 0 Å². The number of aliphatic hydroxyl groups is 1. The predicted octanol–water partition coefficient (Wildman–Crippen LogP) is 7.01. The molecule has 94 heavy (non-hydrogen) atoms. The van der Waals surface area contributed by atoms with Crippen molar-refractivity contribution in [2.24, 2.45) is 47.2 Å². The minimum absolute atomic E-state index is 0.0206. The van der Waals surface area contributed by atoms with Gasteiger partial charge in [0.05, 0.1) is 42.0 Å². The van der Waals surface area contributed by atoms with Crippen molar-refractivity contribution in [1.29, 1.82) is 0 Å². The number of thioether (sulfide) groups is 1. The zero-order valence-electron chi connectivity index (χ0n) is 57.8. The number of methoxy groups -OCH3 is 1. The number of hydrogen-bond acceptors (Lipinski definition) is 15. The van der Waals surface area contributed by atoms with Crippen LogP contribution in [0.15, 0.2) is 54.6 Å². The lowest BCUT2D eigenvalue weighted by Gasteiger charge is -2.41. The number of nitrogens with one attached hydrogen (secondary N) is 6. The highest BCUT2D eigenvalue weighted by molar-refractivity contribution is 8.00. The Labute approximate surface area is 560 Å². The summed E-state index contributed by atoms with van der Waals surface area (Å²) in [5.41, 5.74) is 6.83. The molecule has 11 amide bonds. The maximum absolute atomic E-state index is 14.8. The molecule has 24 nitrogen and oxygen atoms in total. The summed E-state index contributed by atoms with van der Waals surface area (Å²) in [7, 11) is 3.21. The molecule has 0 aromatic heterocycles. The summed E-state index contributed by atoms with van der Waals surface area (Å²) in [6.45, 7) is 21.1. The molecular weight excluding hydrogens is 1220 g/mol. The molecule has 0 spiro atoms. The Morgan fingerprint density at radius 1 is 0.777 bits per heavy atom. The highest BCUT2D eigenvalue weighted by Crippen LogP contribution is 2.33. The number of amides is 11. The Morgan fingerprint density at radius 2 is 1.44 bits per heavy atom. The van der Waals surface area contributed by atoms with Crippen molar-refractivity contribution in [3.05, 3.63) is 65.7 Å². The zero-order chi connectivity index (χ0) is 70.1. The molecule has 2 aromatic carbocycles. The molecule has 2 aromatic rings. The van der Waals surface area contributed by atoms with Crippen molar-refractivity contribution in [2.45, 2.75) is 214 Å². The second kappa shape index (κ2) is 39.0. The van der Waals surface area contributed by atoms with Gasteiger partial charge in [0.1, 0.15) is 18.7 Å². The molecule has 2 aliphatic heterocycles. The quantitative estimate of drug-likeness (QED) is 0.0246. The van der Waals surface area contributed by atoms with E-state index in [9.17, 15) is 57.8 Å². The molecule has 2 heterocycles. The van der Waals surface area contributed by atoms with E-state index >= 15 is 0 Å². The third kappa shape index (κ3) is 23.7. The number of primary amides is 1. The summed E-state index contributed by atoms with van der Waals surface area (Å²) < 4.78 is 11.7. The Kier molecular flexibility index (Phi) is 32.9. The molecule has 4 rings (SSSR count). The average molecular weight is 1330 g/mol. The fraction of sp³-hybridized carbons (Fsp3) is 0.667. The van der Waals surface area contributed by atoms with Gasteiger partial charge in [-0.05, 0) is 105 Å². The van der Waals surface area contributed by atoms with Crippen LogP contribution in [0, 0.1) is 41.4 Å². The van der Waals surface area contributed by atoms with Crippen molar-refractivity contribution in [3.8, 4) is 0 Å². The van der Waals surface area contributed by atoms with Crippen molar-refractivity contribution >= 4 is 82.6 Å². The van der Waals surface area contributed by atoms with Crippen LogP contribution >= 0.6 is 11.8 Å². The van der Waals surface area contributed by atoms with Gasteiger partial charge in [0.2, 0.25) is 47.3 Å². The van der Waals surface area contributed by atoms with E-state index < -0.39 is 84.1 Å². The number of carbonyl (C=O) groups is 11. The van der Waals surface area contributed by atoms with E-state index in [-0.39, 0.29) is 134 Å². The molecule has 2 aliphatic rings. The van der Waals surface area contributed by atoms with E-state index in [1.54, 1.807) is 77.1 Å². The highest BCUT2D eigenvalue weighted by atomic mass is 32.2. The summed E-state index contributed by atoms with van der Waals surface area (Å²) in [5, 5.41) is 27.1. The maximum Gasteiger partial charge on any atom is 0.408 e. The SMILES string of the molecule is CC[C@H](C)[C@@H]([C@@H](CC(=O)N1CCC[C@H]1[C@H](C)[C@H](C)C(=O)N[C@@H](C)[C@H](O)c1ccccc1)OC)N(C)C(=O)[C@@H](CC(=O)[C@@H](NC(=O)OCc1ccc(NC(=O)[C@H](CCCNC(N)=O)NC(=O)[C@@H](NC(=O)CCCCCN2C(=O)CC(SC)C2=O)C(C)C)cc1)C(C)C)C(C)C. The molecule has 524 valence electrons. The van der Waals surface area contributed by atoms with E-state index in [0.29, 0.717) is 55.5 Å². The molecule has 0 bridgehead atoms. The second-order valence-corrected chi connectivity index (χ2v) is 27.5. The van der Waals surface area contributed by atoms with E-state index in [4.69, 9.17) is 15.2 Å². The van der Waals surface area contributed by atoms with Crippen LogP contribution in [0.3, 0.4) is 0 Å². The van der Waals surface area contributed by atoms with E-state index in [1.165, 1.54) is 23.8 Å². The molecule has 9 N–H and O–H groups in total. The Bertz CT molecular complexity index is 2850. The van der Waals surface area contributed by atoms with Crippen molar-refractivity contribution in [1.82, 2.24) is 41.3 Å². The number of ether oxygens (including phenoxy) is 2. The largest absolute Gasteiger partial charge is 0.445 e. The van der Waals surface area contributed by atoms with Crippen molar-refractivity contribution < 1.29 is 67.3 Å². The Hall–Kier alpha value is -7.12. The monoisotopic (exact) mass is 1330 g/mol. The number of alkyl carbamates (subject to hydrolysis) is 1. The molecule has 25 heteroatoms. The normalized spacial score (nSPS) is 18.4. The number of rotatable bonds is 39. The molecule has 0 aliphatic carbocycles. The molecule has 0 saturated carbocycles. The first-order chi connectivity index (χ1) is 44.4. The van der Waals surface area contributed by atoms with Gasteiger partial charge in [0, 0.05) is 76.6 Å². The van der Waals surface area contributed by atoms with Crippen molar-refractivity contribution in [3.63, 3.8) is 0 Å². The number of aliphatic hydroxyl groups excluding tert-OH is 1. The lowest BCUT2D eigenvalue weighted by molar-refractivity contribution is -0.148. The van der Waals surface area contributed by atoms with Gasteiger partial charge in [-0.25, -0.2) is 9.59 Å². The van der Waals surface area contributed by atoms with Crippen LogP contribution in [0.5, 0.6) is 0 Å². The first kappa shape index (κ1) is 79.3. The van der Waals surface area contributed by atoms with Crippen LogP contribution in [-0.4, -0.2) is 173 Å². The highest BCUT2D eigenvalue weighted by Gasteiger charge is 2.43. The molecular formula is C69H108N10O14S. The number of nitrogens with two attached hydrogens (primary N) is 1. The average Bonchev–Trinajstić information content (AvgIpc) is 1.41. The fourth-order valence-corrected chi connectivity index (χ4v) is 12.9. The number of likely N-dealkylation sites (tertiary alicyclic amines) is 2. The Balaban J connectivity index is 1.34. The number of nitrogens with zero attached hydrogens (tertiary/aromatic N) is 3. The van der Waals surface area contributed by atoms with Crippen LogP contribution in [0.2, 0.25) is 0 Å². The number of imide groups is 1. The summed E-state index contributed by atoms with van der Waals surface area (Å²) in [6, 6.07) is 10.4. The van der Waals surface area contributed by atoms with Crippen molar-refractivity contribution in [2.75, 3.05) is 45.4 Å². The lowest BCUT2D eigenvalue weighted by atomic mass is 9.83. The lowest BCUT2D eigenvalue weighted by Crippen LogP contribution is -2.54. The Morgan fingerprint density at radius 3 is 2.02 bits per heavy atom. The summed E-state index contributed by atoms with van der Waals surface area (Å²) in [6.07, 6.45) is 3.46. The van der Waals surface area contributed by atoms with Gasteiger partial charge in [-0.1, -0.05) is 125 Å². The number of Topliss-reactive ketones (excluding diaryl/α,β-unsaturated/α-hetero) is 1. The number of anilines is 1. The molecule has 13 atom stereocenters. The zero-order valence-corrected chi connectivity index (χ0v) is 58.6. The maximum atomic E-state index is 14.8. The first-order valence-corrected chi connectivity index (χ1v) is 34.7. The fourth-order valence-electron chi connectivity index (χ4n) is 12.3. The third-order valence-electron chi connectivity index (χ3n) is 18.6. The van der Waals surface area contributed by atoms with E-state index in [2.05, 4.69) is 31.9 Å². The number of ketones is 1. The topological polar surface area (TPSA) is 334 Å². The van der Waals surface area contributed by atoms with Crippen LogP contribution in [-0.2, 0) is 59.2 Å². The predicted molar refractivity (Wildman–Crippen MR) is 361 cm³/mol. The first-order valence-electron chi connectivity index (χ1n) is 33.4. The van der Waals surface area contributed by atoms with E-state index in [0.717, 1.165) is 6.42 Å². The van der Waals surface area contributed by atoms with Crippen LogP contribution in [0.1, 0.15) is 170 Å². The molecule has 1 unspecified atom stereocenters. The number of likely N-dealkylation sites (N-methyl/N-ethyl adjacent to an activating group) is 1. The van der Waals surface area contributed by atoms with Crippen LogP contribution < -0.4 is 37.6 Å². The number of hydrogen-bond donors (Lipinski definition) is 8. The van der Waals surface area contributed by atoms with Gasteiger partial charge in [0.15, 0.2) is 5.78 Å². The minimum atomic E-state index is -1.10. The molecule has 0 radical (unpaired) electrons. The van der Waals surface area contributed by atoms with Gasteiger partial charge in [-0.3, -0.25) is 48.1 Å². The smallest absolute Gasteiger partial charge is 0.408 e. The summed E-state index contributed by atoms with van der Waals surface area (Å²) in [5.74, 6) is -5.62. The van der Waals surface area contributed by atoms with Gasteiger partial charge in [-0.15, -0.1) is 0 Å². The number of carbonyl (C=O) groups excluding carboxylic acids is 11.